The molecule has 0 atom stereocenters. The van der Waals surface area contributed by atoms with E-state index in [1.54, 1.807) is 0 Å². The first-order valence-electron chi connectivity index (χ1n) is 6.28. The van der Waals surface area contributed by atoms with Gasteiger partial charge in [0.05, 0.1) is 12.2 Å². The van der Waals surface area contributed by atoms with Gasteiger partial charge in [-0.2, -0.15) is 0 Å². The minimum Gasteiger partial charge on any atom is -0.370 e. The van der Waals surface area contributed by atoms with Crippen LogP contribution in [0.1, 0.15) is 17.9 Å². The number of carbonyl (C=O) groups excluding carboxylic acids is 1. The van der Waals surface area contributed by atoms with Crippen molar-refractivity contribution in [2.45, 2.75) is 19.9 Å². The standard InChI is InChI=1S/C12H20N4O2/c1-10-8-11(18-14-10)9-16-6-4-15(5-7-16)3-2-12(13)17/h8H,2-7,9H2,1H3,(H2,13,17). The summed E-state index contributed by atoms with van der Waals surface area (Å²) < 4.78 is 5.21. The minimum atomic E-state index is -0.227. The molecule has 1 aliphatic rings. The van der Waals surface area contributed by atoms with E-state index in [9.17, 15) is 4.79 Å². The Morgan fingerprint density at radius 2 is 2.06 bits per heavy atom. The predicted octanol–water partition coefficient (Wildman–Crippen LogP) is -0.0240. The second-order valence-electron chi connectivity index (χ2n) is 4.77. The first-order valence-corrected chi connectivity index (χ1v) is 6.28. The number of carbonyl (C=O) groups is 1. The molecule has 1 aromatic rings. The van der Waals surface area contributed by atoms with Crippen LogP contribution in [0.5, 0.6) is 0 Å². The van der Waals surface area contributed by atoms with Gasteiger partial charge in [-0.05, 0) is 6.92 Å². The third-order valence-corrected chi connectivity index (χ3v) is 3.20. The Labute approximate surface area is 107 Å². The van der Waals surface area contributed by atoms with Crippen molar-refractivity contribution in [1.29, 1.82) is 0 Å². The molecule has 0 bridgehead atoms. The number of hydrogen-bond donors (Lipinski definition) is 1. The van der Waals surface area contributed by atoms with Crippen LogP contribution in [-0.2, 0) is 11.3 Å². The smallest absolute Gasteiger partial charge is 0.218 e. The zero-order valence-electron chi connectivity index (χ0n) is 10.8. The molecule has 1 saturated heterocycles. The summed E-state index contributed by atoms with van der Waals surface area (Å²) in [5.41, 5.74) is 6.07. The normalized spacial score (nSPS) is 18.1. The maximum absolute atomic E-state index is 10.7. The van der Waals surface area contributed by atoms with Crippen molar-refractivity contribution < 1.29 is 9.32 Å². The first-order chi connectivity index (χ1) is 8.63. The largest absolute Gasteiger partial charge is 0.370 e. The zero-order chi connectivity index (χ0) is 13.0. The van der Waals surface area contributed by atoms with Gasteiger partial charge in [0.25, 0.3) is 0 Å². The molecule has 1 aliphatic heterocycles. The van der Waals surface area contributed by atoms with Gasteiger partial charge in [0, 0.05) is 45.2 Å². The van der Waals surface area contributed by atoms with E-state index in [4.69, 9.17) is 10.3 Å². The van der Waals surface area contributed by atoms with Crippen LogP contribution >= 0.6 is 0 Å². The maximum atomic E-state index is 10.7. The average Bonchev–Trinajstić information content (AvgIpc) is 2.74. The molecule has 0 aliphatic carbocycles. The first kappa shape index (κ1) is 13.0. The van der Waals surface area contributed by atoms with Gasteiger partial charge in [-0.15, -0.1) is 0 Å². The molecule has 0 unspecified atom stereocenters. The van der Waals surface area contributed by atoms with Gasteiger partial charge >= 0.3 is 0 Å². The van der Waals surface area contributed by atoms with E-state index >= 15 is 0 Å². The van der Waals surface area contributed by atoms with Crippen LogP contribution in [0.2, 0.25) is 0 Å². The lowest BCUT2D eigenvalue weighted by Gasteiger charge is -2.33. The van der Waals surface area contributed by atoms with Crippen LogP contribution in [-0.4, -0.2) is 53.6 Å². The Balaban J connectivity index is 1.71. The monoisotopic (exact) mass is 252 g/mol. The maximum Gasteiger partial charge on any atom is 0.218 e. The molecule has 100 valence electrons. The third kappa shape index (κ3) is 3.82. The van der Waals surface area contributed by atoms with Gasteiger partial charge in [-0.1, -0.05) is 5.16 Å². The summed E-state index contributed by atoms with van der Waals surface area (Å²) in [4.78, 5) is 15.3. The van der Waals surface area contributed by atoms with Crippen molar-refractivity contribution in [1.82, 2.24) is 15.0 Å². The van der Waals surface area contributed by atoms with Crippen LogP contribution in [0, 0.1) is 6.92 Å². The highest BCUT2D eigenvalue weighted by atomic mass is 16.5. The van der Waals surface area contributed by atoms with Crippen LogP contribution in [0.4, 0.5) is 0 Å². The Kier molecular flexibility index (Phi) is 4.33. The lowest BCUT2D eigenvalue weighted by Crippen LogP contribution is -2.46. The summed E-state index contributed by atoms with van der Waals surface area (Å²) in [5, 5.41) is 3.88. The summed E-state index contributed by atoms with van der Waals surface area (Å²) >= 11 is 0. The summed E-state index contributed by atoms with van der Waals surface area (Å²) in [6.07, 6.45) is 0.446. The SMILES string of the molecule is Cc1cc(CN2CCN(CCC(N)=O)CC2)on1. The van der Waals surface area contributed by atoms with Crippen molar-refractivity contribution in [3.05, 3.63) is 17.5 Å². The minimum absolute atomic E-state index is 0.227. The number of aromatic nitrogens is 1. The number of nitrogens with zero attached hydrogens (tertiary/aromatic N) is 3. The fourth-order valence-corrected chi connectivity index (χ4v) is 2.15. The number of nitrogens with two attached hydrogens (primary N) is 1. The van der Waals surface area contributed by atoms with Gasteiger partial charge in [-0.3, -0.25) is 9.69 Å². The second-order valence-corrected chi connectivity index (χ2v) is 4.77. The molecule has 0 spiro atoms. The van der Waals surface area contributed by atoms with Crippen molar-refractivity contribution in [2.75, 3.05) is 32.7 Å². The molecule has 2 N–H and O–H groups in total. The van der Waals surface area contributed by atoms with E-state index in [1.165, 1.54) is 0 Å². The zero-order valence-corrected chi connectivity index (χ0v) is 10.8. The van der Waals surface area contributed by atoms with Crippen LogP contribution < -0.4 is 5.73 Å². The van der Waals surface area contributed by atoms with Gasteiger partial charge < -0.3 is 15.2 Å². The fraction of sp³-hybridized carbons (Fsp3) is 0.667. The third-order valence-electron chi connectivity index (χ3n) is 3.20. The van der Waals surface area contributed by atoms with Crippen LogP contribution in [0.3, 0.4) is 0 Å². The molecular weight excluding hydrogens is 232 g/mol. The molecule has 2 rings (SSSR count). The second kappa shape index (κ2) is 5.97. The van der Waals surface area contributed by atoms with Crippen molar-refractivity contribution in [3.63, 3.8) is 0 Å². The van der Waals surface area contributed by atoms with Gasteiger partial charge in [0.1, 0.15) is 0 Å². The van der Waals surface area contributed by atoms with Gasteiger partial charge in [-0.25, -0.2) is 0 Å². The van der Waals surface area contributed by atoms with E-state index in [-0.39, 0.29) is 5.91 Å². The van der Waals surface area contributed by atoms with Crippen LogP contribution in [0.25, 0.3) is 0 Å². The van der Waals surface area contributed by atoms with Gasteiger partial charge in [0.2, 0.25) is 5.91 Å². The summed E-state index contributed by atoms with van der Waals surface area (Å²) in [7, 11) is 0. The highest BCUT2D eigenvalue weighted by Gasteiger charge is 2.18. The number of piperazine rings is 1. The van der Waals surface area contributed by atoms with E-state index in [0.29, 0.717) is 6.42 Å². The summed E-state index contributed by atoms with van der Waals surface area (Å²) in [6.45, 7) is 7.42. The van der Waals surface area contributed by atoms with E-state index in [2.05, 4.69) is 15.0 Å². The fourth-order valence-electron chi connectivity index (χ4n) is 2.15. The van der Waals surface area contributed by atoms with Crippen molar-refractivity contribution in [3.8, 4) is 0 Å². The predicted molar refractivity (Wildman–Crippen MR) is 66.8 cm³/mol. The highest BCUT2D eigenvalue weighted by molar-refractivity contribution is 5.73. The molecule has 0 radical (unpaired) electrons. The molecule has 2 heterocycles. The lowest BCUT2D eigenvalue weighted by atomic mass is 10.2. The molecule has 18 heavy (non-hydrogen) atoms. The highest BCUT2D eigenvalue weighted by Crippen LogP contribution is 2.09. The van der Waals surface area contributed by atoms with Crippen molar-refractivity contribution in [2.24, 2.45) is 5.73 Å². The van der Waals surface area contributed by atoms with Crippen molar-refractivity contribution >= 4 is 5.91 Å². The number of amides is 1. The quantitative estimate of drug-likeness (QED) is 0.797. The molecule has 6 heteroatoms. The number of hydrogen-bond acceptors (Lipinski definition) is 5. The Hall–Kier alpha value is -1.40. The molecule has 6 nitrogen and oxygen atoms in total. The van der Waals surface area contributed by atoms with E-state index < -0.39 is 0 Å². The lowest BCUT2D eigenvalue weighted by molar-refractivity contribution is -0.118. The molecule has 1 fully saturated rings. The Morgan fingerprint density at radius 3 is 2.61 bits per heavy atom. The summed E-state index contributed by atoms with van der Waals surface area (Å²) in [6, 6.07) is 1.97. The Morgan fingerprint density at radius 1 is 1.39 bits per heavy atom. The number of primary amides is 1. The van der Waals surface area contributed by atoms with E-state index in [1.807, 2.05) is 13.0 Å². The Bertz CT molecular complexity index is 397. The number of aryl methyl sites for hydroxylation is 1. The molecule has 0 saturated carbocycles. The topological polar surface area (TPSA) is 75.6 Å². The molecular formula is C12H20N4O2. The molecule has 0 aromatic carbocycles. The molecule has 1 aromatic heterocycles. The average molecular weight is 252 g/mol. The van der Waals surface area contributed by atoms with E-state index in [0.717, 1.165) is 50.7 Å². The van der Waals surface area contributed by atoms with Crippen LogP contribution in [0.15, 0.2) is 10.6 Å². The summed E-state index contributed by atoms with van der Waals surface area (Å²) in [5.74, 6) is 0.688. The van der Waals surface area contributed by atoms with Gasteiger partial charge in [0.15, 0.2) is 5.76 Å². The number of rotatable bonds is 5. The molecule has 1 amide bonds.